The molecule has 3 aromatic rings. The van der Waals surface area contributed by atoms with Gasteiger partial charge in [-0.1, -0.05) is 60.7 Å². The SMILES string of the molecule is O=C(Cc1ccc(-c2ccccc2)cc1)NCCC(=O)Nc1ccccn1. The summed E-state index contributed by atoms with van der Waals surface area (Å²) in [6.45, 7) is 0.291. The number of pyridine rings is 1. The number of aromatic nitrogens is 1. The zero-order valence-electron chi connectivity index (χ0n) is 14.9. The van der Waals surface area contributed by atoms with Gasteiger partial charge in [-0.25, -0.2) is 4.98 Å². The lowest BCUT2D eigenvalue weighted by Crippen LogP contribution is -2.29. The lowest BCUT2D eigenvalue weighted by molar-refractivity contribution is -0.120. The molecule has 2 N–H and O–H groups in total. The third kappa shape index (κ3) is 5.78. The van der Waals surface area contributed by atoms with Crippen molar-refractivity contribution in [1.82, 2.24) is 10.3 Å². The maximum absolute atomic E-state index is 12.1. The molecule has 0 bridgehead atoms. The molecular weight excluding hydrogens is 338 g/mol. The maximum atomic E-state index is 12.1. The summed E-state index contributed by atoms with van der Waals surface area (Å²) in [5, 5.41) is 5.46. The Morgan fingerprint density at radius 2 is 1.48 bits per heavy atom. The van der Waals surface area contributed by atoms with Crippen molar-refractivity contribution in [3.8, 4) is 11.1 Å². The average Bonchev–Trinajstić information content (AvgIpc) is 2.70. The van der Waals surface area contributed by atoms with Crippen LogP contribution >= 0.6 is 0 Å². The molecular formula is C22H21N3O2. The Kier molecular flexibility index (Phi) is 6.30. The molecule has 0 unspecified atom stereocenters. The van der Waals surface area contributed by atoms with Gasteiger partial charge in [0.2, 0.25) is 11.8 Å². The molecule has 0 atom stereocenters. The number of anilines is 1. The highest BCUT2D eigenvalue weighted by molar-refractivity contribution is 5.90. The topological polar surface area (TPSA) is 71.1 Å². The van der Waals surface area contributed by atoms with Crippen LogP contribution in [0.2, 0.25) is 0 Å². The van der Waals surface area contributed by atoms with Crippen LogP contribution in [0.4, 0.5) is 5.82 Å². The Morgan fingerprint density at radius 3 is 2.19 bits per heavy atom. The number of carbonyl (C=O) groups is 2. The predicted molar refractivity (Wildman–Crippen MR) is 106 cm³/mol. The highest BCUT2D eigenvalue weighted by atomic mass is 16.2. The standard InChI is InChI=1S/C22H21N3O2/c26-21(25-20-8-4-5-14-23-20)13-15-24-22(27)16-17-9-11-19(12-10-17)18-6-2-1-3-7-18/h1-12,14H,13,15-16H2,(H,24,27)(H,23,25,26). The molecule has 0 radical (unpaired) electrons. The minimum absolute atomic E-state index is 0.104. The lowest BCUT2D eigenvalue weighted by atomic mass is 10.0. The first kappa shape index (κ1) is 18.3. The molecule has 0 spiro atoms. The van der Waals surface area contributed by atoms with Crippen molar-refractivity contribution in [2.45, 2.75) is 12.8 Å². The maximum Gasteiger partial charge on any atom is 0.227 e. The monoisotopic (exact) mass is 359 g/mol. The zero-order valence-corrected chi connectivity index (χ0v) is 14.9. The Balaban J connectivity index is 1.42. The minimum Gasteiger partial charge on any atom is -0.355 e. The molecule has 5 heteroatoms. The van der Waals surface area contributed by atoms with Gasteiger partial charge < -0.3 is 10.6 Å². The molecule has 27 heavy (non-hydrogen) atoms. The quantitative estimate of drug-likeness (QED) is 0.679. The van der Waals surface area contributed by atoms with Crippen molar-refractivity contribution in [2.75, 3.05) is 11.9 Å². The van der Waals surface area contributed by atoms with Crippen molar-refractivity contribution < 1.29 is 9.59 Å². The number of rotatable bonds is 7. The van der Waals surface area contributed by atoms with E-state index in [1.54, 1.807) is 24.4 Å². The van der Waals surface area contributed by atoms with Crippen LogP contribution in [-0.2, 0) is 16.0 Å². The number of carbonyl (C=O) groups excluding carboxylic acids is 2. The second-order valence-electron chi connectivity index (χ2n) is 6.10. The van der Waals surface area contributed by atoms with Gasteiger partial charge in [0.1, 0.15) is 5.82 Å². The summed E-state index contributed by atoms with van der Waals surface area (Å²) in [5.41, 5.74) is 3.20. The van der Waals surface area contributed by atoms with Gasteiger partial charge >= 0.3 is 0 Å². The van der Waals surface area contributed by atoms with E-state index in [0.717, 1.165) is 16.7 Å². The van der Waals surface area contributed by atoms with Gasteiger partial charge in [-0.15, -0.1) is 0 Å². The van der Waals surface area contributed by atoms with Gasteiger partial charge in [-0.2, -0.15) is 0 Å². The summed E-state index contributed by atoms with van der Waals surface area (Å²) in [6, 6.07) is 23.3. The molecule has 2 aromatic carbocycles. The normalized spacial score (nSPS) is 10.2. The number of benzene rings is 2. The van der Waals surface area contributed by atoms with Crippen molar-refractivity contribution in [3.63, 3.8) is 0 Å². The lowest BCUT2D eigenvalue weighted by Gasteiger charge is -2.07. The highest BCUT2D eigenvalue weighted by Gasteiger charge is 2.06. The molecule has 0 fully saturated rings. The molecule has 1 heterocycles. The van der Waals surface area contributed by atoms with Crippen molar-refractivity contribution >= 4 is 17.6 Å². The van der Waals surface area contributed by atoms with E-state index in [2.05, 4.69) is 27.8 Å². The van der Waals surface area contributed by atoms with E-state index >= 15 is 0 Å². The molecule has 3 rings (SSSR count). The van der Waals surface area contributed by atoms with Gasteiger partial charge in [-0.05, 0) is 28.8 Å². The molecule has 1 aromatic heterocycles. The Labute approximate surface area is 158 Å². The third-order valence-electron chi connectivity index (χ3n) is 4.03. The van der Waals surface area contributed by atoms with E-state index in [4.69, 9.17) is 0 Å². The first-order valence-electron chi connectivity index (χ1n) is 8.82. The molecule has 0 aliphatic carbocycles. The Morgan fingerprint density at radius 1 is 0.778 bits per heavy atom. The summed E-state index contributed by atoms with van der Waals surface area (Å²) in [5.74, 6) is 0.224. The smallest absolute Gasteiger partial charge is 0.227 e. The third-order valence-corrected chi connectivity index (χ3v) is 4.03. The van der Waals surface area contributed by atoms with Crippen molar-refractivity contribution in [1.29, 1.82) is 0 Å². The van der Waals surface area contributed by atoms with Crippen LogP contribution in [0.25, 0.3) is 11.1 Å². The number of amides is 2. The van der Waals surface area contributed by atoms with E-state index in [-0.39, 0.29) is 24.7 Å². The van der Waals surface area contributed by atoms with Crippen LogP contribution in [0.3, 0.4) is 0 Å². The number of nitrogens with zero attached hydrogens (tertiary/aromatic N) is 1. The number of hydrogen-bond donors (Lipinski definition) is 2. The van der Waals surface area contributed by atoms with Gasteiger partial charge in [-0.3, -0.25) is 9.59 Å². The van der Waals surface area contributed by atoms with Crippen LogP contribution < -0.4 is 10.6 Å². The minimum atomic E-state index is -0.179. The zero-order chi connectivity index (χ0) is 18.9. The van der Waals surface area contributed by atoms with Gasteiger partial charge in [0, 0.05) is 19.2 Å². The van der Waals surface area contributed by atoms with E-state index in [0.29, 0.717) is 12.4 Å². The van der Waals surface area contributed by atoms with Crippen LogP contribution in [-0.4, -0.2) is 23.3 Å². The molecule has 0 saturated heterocycles. The molecule has 2 amide bonds. The first-order valence-corrected chi connectivity index (χ1v) is 8.82. The van der Waals surface area contributed by atoms with E-state index in [1.165, 1.54) is 0 Å². The molecule has 5 nitrogen and oxygen atoms in total. The van der Waals surface area contributed by atoms with E-state index in [9.17, 15) is 9.59 Å². The number of hydrogen-bond acceptors (Lipinski definition) is 3. The summed E-state index contributed by atoms with van der Waals surface area (Å²) in [7, 11) is 0. The fraction of sp³-hybridized carbons (Fsp3) is 0.136. The predicted octanol–water partition coefficient (Wildman–Crippen LogP) is 3.44. The molecule has 0 aliphatic heterocycles. The summed E-state index contributed by atoms with van der Waals surface area (Å²) in [4.78, 5) is 27.9. The summed E-state index contributed by atoms with van der Waals surface area (Å²) >= 11 is 0. The van der Waals surface area contributed by atoms with Crippen LogP contribution in [0.1, 0.15) is 12.0 Å². The molecule has 0 saturated carbocycles. The molecule has 136 valence electrons. The van der Waals surface area contributed by atoms with Crippen LogP contribution in [0.15, 0.2) is 79.0 Å². The highest BCUT2D eigenvalue weighted by Crippen LogP contribution is 2.19. The largest absolute Gasteiger partial charge is 0.355 e. The van der Waals surface area contributed by atoms with Crippen LogP contribution in [0.5, 0.6) is 0 Å². The van der Waals surface area contributed by atoms with E-state index in [1.807, 2.05) is 42.5 Å². The van der Waals surface area contributed by atoms with Crippen molar-refractivity contribution in [2.24, 2.45) is 0 Å². The van der Waals surface area contributed by atoms with Gasteiger partial charge in [0.05, 0.1) is 6.42 Å². The molecule has 0 aliphatic rings. The second kappa shape index (κ2) is 9.29. The second-order valence-corrected chi connectivity index (χ2v) is 6.10. The van der Waals surface area contributed by atoms with Gasteiger partial charge in [0.15, 0.2) is 0 Å². The van der Waals surface area contributed by atoms with Crippen LogP contribution in [0, 0.1) is 0 Å². The Bertz CT molecular complexity index is 878. The average molecular weight is 359 g/mol. The fourth-order valence-corrected chi connectivity index (χ4v) is 2.65. The summed E-state index contributed by atoms with van der Waals surface area (Å²) < 4.78 is 0. The fourth-order valence-electron chi connectivity index (χ4n) is 2.65. The Hall–Kier alpha value is -3.47. The summed E-state index contributed by atoms with van der Waals surface area (Å²) in [6.07, 6.45) is 2.10. The van der Waals surface area contributed by atoms with Crippen molar-refractivity contribution in [3.05, 3.63) is 84.6 Å². The first-order chi connectivity index (χ1) is 13.2. The number of nitrogens with one attached hydrogen (secondary N) is 2. The van der Waals surface area contributed by atoms with E-state index < -0.39 is 0 Å². The van der Waals surface area contributed by atoms with Gasteiger partial charge in [0.25, 0.3) is 0 Å².